The van der Waals surface area contributed by atoms with E-state index in [1.807, 2.05) is 6.07 Å². The maximum Gasteiger partial charge on any atom is 0.262 e. The average molecular weight is 331 g/mol. The van der Waals surface area contributed by atoms with Crippen LogP contribution in [0.3, 0.4) is 0 Å². The van der Waals surface area contributed by atoms with Gasteiger partial charge in [0, 0.05) is 5.69 Å². The molecule has 3 rings (SSSR count). The summed E-state index contributed by atoms with van der Waals surface area (Å²) in [5.41, 5.74) is 1.27. The minimum absolute atomic E-state index is 0.00917. The Labute approximate surface area is 142 Å². The molecule has 2 aliphatic rings. The van der Waals surface area contributed by atoms with Crippen LogP contribution in [0.4, 0.5) is 11.4 Å². The van der Waals surface area contributed by atoms with Crippen molar-refractivity contribution in [1.82, 2.24) is 4.90 Å². The number of nitrogens with one attached hydrogen (secondary N) is 2. The minimum atomic E-state index is -0.181. The highest BCUT2D eigenvalue weighted by molar-refractivity contribution is 5.98. The van der Waals surface area contributed by atoms with E-state index >= 15 is 0 Å². The summed E-state index contributed by atoms with van der Waals surface area (Å²) in [5, 5.41) is 5.76. The summed E-state index contributed by atoms with van der Waals surface area (Å²) in [4.78, 5) is 26.5. The lowest BCUT2D eigenvalue weighted by Gasteiger charge is -2.35. The van der Waals surface area contributed by atoms with Gasteiger partial charge in [-0.2, -0.15) is 0 Å². The van der Waals surface area contributed by atoms with Crippen LogP contribution in [0.5, 0.6) is 5.75 Å². The Hall–Kier alpha value is -2.08. The molecule has 0 unspecified atom stereocenters. The van der Waals surface area contributed by atoms with E-state index < -0.39 is 0 Å². The second-order valence-electron chi connectivity index (χ2n) is 6.82. The maximum absolute atomic E-state index is 12.8. The molecule has 0 aliphatic carbocycles. The van der Waals surface area contributed by atoms with Crippen LogP contribution in [-0.2, 0) is 9.59 Å². The molecule has 2 N–H and O–H groups in total. The Kier molecular flexibility index (Phi) is 5.04. The summed E-state index contributed by atoms with van der Waals surface area (Å²) in [7, 11) is 0. The third-order valence-electron chi connectivity index (χ3n) is 4.56. The second-order valence-corrected chi connectivity index (χ2v) is 6.82. The monoisotopic (exact) mass is 331 g/mol. The summed E-state index contributed by atoms with van der Waals surface area (Å²) < 4.78 is 5.34. The topological polar surface area (TPSA) is 70.7 Å². The zero-order valence-corrected chi connectivity index (χ0v) is 14.3. The van der Waals surface area contributed by atoms with Crippen LogP contribution in [-0.4, -0.2) is 42.5 Å². The molecule has 2 heterocycles. The zero-order valence-electron chi connectivity index (χ0n) is 14.3. The fourth-order valence-corrected chi connectivity index (χ4v) is 3.46. The fourth-order valence-electron chi connectivity index (χ4n) is 3.46. The molecule has 1 atom stereocenters. The van der Waals surface area contributed by atoms with Crippen LogP contribution in [0.2, 0.25) is 0 Å². The molecule has 0 spiro atoms. The molecule has 0 aromatic heterocycles. The van der Waals surface area contributed by atoms with Crippen LogP contribution in [0.15, 0.2) is 18.2 Å². The van der Waals surface area contributed by atoms with Gasteiger partial charge in [0.15, 0.2) is 6.61 Å². The van der Waals surface area contributed by atoms with Crippen molar-refractivity contribution >= 4 is 23.2 Å². The van der Waals surface area contributed by atoms with Gasteiger partial charge in [-0.1, -0.05) is 20.3 Å². The van der Waals surface area contributed by atoms with Crippen molar-refractivity contribution in [3.8, 4) is 5.75 Å². The number of anilines is 2. The SMILES string of the molecule is CC(C)[C@H](C(=O)Nc1ccc2c(c1)NC(=O)CO2)N1CCCCC1. The number of carbonyl (C=O) groups excluding carboxylic acids is 2. The van der Waals surface area contributed by atoms with E-state index in [0.717, 1.165) is 25.9 Å². The molecule has 24 heavy (non-hydrogen) atoms. The van der Waals surface area contributed by atoms with E-state index in [1.54, 1.807) is 12.1 Å². The average Bonchev–Trinajstić information content (AvgIpc) is 2.55. The van der Waals surface area contributed by atoms with Crippen molar-refractivity contribution < 1.29 is 14.3 Å². The van der Waals surface area contributed by atoms with E-state index in [0.29, 0.717) is 17.1 Å². The molecule has 0 saturated carbocycles. The third-order valence-corrected chi connectivity index (χ3v) is 4.56. The Bertz CT molecular complexity index is 624. The van der Waals surface area contributed by atoms with E-state index in [2.05, 4.69) is 29.4 Å². The largest absolute Gasteiger partial charge is 0.482 e. The molecule has 2 aliphatic heterocycles. The summed E-state index contributed by atoms with van der Waals surface area (Å²) in [6.07, 6.45) is 3.55. The Morgan fingerprint density at radius 2 is 2.00 bits per heavy atom. The van der Waals surface area contributed by atoms with E-state index in [-0.39, 0.29) is 30.4 Å². The molecule has 6 heteroatoms. The summed E-state index contributed by atoms with van der Waals surface area (Å²) >= 11 is 0. The number of hydrogen-bond donors (Lipinski definition) is 2. The number of fused-ring (bicyclic) bond motifs is 1. The van der Waals surface area contributed by atoms with Crippen LogP contribution in [0.25, 0.3) is 0 Å². The molecule has 1 saturated heterocycles. The molecule has 130 valence electrons. The Morgan fingerprint density at radius 3 is 2.71 bits per heavy atom. The zero-order chi connectivity index (χ0) is 17.1. The smallest absolute Gasteiger partial charge is 0.262 e. The van der Waals surface area contributed by atoms with Gasteiger partial charge in [0.1, 0.15) is 5.75 Å². The van der Waals surface area contributed by atoms with Gasteiger partial charge in [0.2, 0.25) is 5.91 Å². The van der Waals surface area contributed by atoms with Crippen LogP contribution < -0.4 is 15.4 Å². The molecule has 1 fully saturated rings. The van der Waals surface area contributed by atoms with Gasteiger partial charge in [-0.05, 0) is 50.0 Å². The molecular formula is C18H25N3O3. The number of likely N-dealkylation sites (tertiary alicyclic amines) is 1. The predicted octanol–water partition coefficient (Wildman–Crippen LogP) is 2.47. The minimum Gasteiger partial charge on any atom is -0.482 e. The van der Waals surface area contributed by atoms with E-state index in [4.69, 9.17) is 4.74 Å². The molecule has 1 aromatic carbocycles. The molecular weight excluding hydrogens is 306 g/mol. The van der Waals surface area contributed by atoms with Crippen molar-refractivity contribution in [3.05, 3.63) is 18.2 Å². The predicted molar refractivity (Wildman–Crippen MR) is 93.2 cm³/mol. The van der Waals surface area contributed by atoms with Crippen molar-refractivity contribution in [1.29, 1.82) is 0 Å². The number of piperidine rings is 1. The lowest BCUT2D eigenvalue weighted by atomic mass is 9.98. The van der Waals surface area contributed by atoms with Gasteiger partial charge in [-0.15, -0.1) is 0 Å². The highest BCUT2D eigenvalue weighted by Crippen LogP contribution is 2.30. The number of hydrogen-bond acceptors (Lipinski definition) is 4. The Balaban J connectivity index is 1.72. The van der Waals surface area contributed by atoms with Crippen molar-refractivity contribution in [2.75, 3.05) is 30.3 Å². The van der Waals surface area contributed by atoms with Gasteiger partial charge in [0.05, 0.1) is 11.7 Å². The quantitative estimate of drug-likeness (QED) is 0.889. The normalized spacial score (nSPS) is 19.2. The van der Waals surface area contributed by atoms with Crippen LogP contribution in [0, 0.1) is 5.92 Å². The summed E-state index contributed by atoms with van der Waals surface area (Å²) in [6.45, 7) is 6.15. The molecule has 6 nitrogen and oxygen atoms in total. The Morgan fingerprint density at radius 1 is 1.25 bits per heavy atom. The first-order valence-electron chi connectivity index (χ1n) is 8.66. The fraction of sp³-hybridized carbons (Fsp3) is 0.556. The first kappa shape index (κ1) is 16.8. The molecule has 0 bridgehead atoms. The first-order valence-corrected chi connectivity index (χ1v) is 8.66. The number of nitrogens with zero attached hydrogens (tertiary/aromatic N) is 1. The highest BCUT2D eigenvalue weighted by Gasteiger charge is 2.30. The number of ether oxygens (including phenoxy) is 1. The van der Waals surface area contributed by atoms with Gasteiger partial charge in [-0.25, -0.2) is 0 Å². The lowest BCUT2D eigenvalue weighted by Crippen LogP contribution is -2.49. The summed E-state index contributed by atoms with van der Waals surface area (Å²) in [6, 6.07) is 5.20. The molecule has 0 radical (unpaired) electrons. The first-order chi connectivity index (χ1) is 11.5. The second kappa shape index (κ2) is 7.21. The van der Waals surface area contributed by atoms with Crippen molar-refractivity contribution in [2.45, 2.75) is 39.2 Å². The van der Waals surface area contributed by atoms with E-state index in [1.165, 1.54) is 6.42 Å². The van der Waals surface area contributed by atoms with Gasteiger partial charge < -0.3 is 15.4 Å². The number of benzene rings is 1. The van der Waals surface area contributed by atoms with Crippen LogP contribution in [0.1, 0.15) is 33.1 Å². The van der Waals surface area contributed by atoms with Gasteiger partial charge in [-0.3, -0.25) is 14.5 Å². The molecule has 2 amide bonds. The number of amides is 2. The van der Waals surface area contributed by atoms with Gasteiger partial charge in [0.25, 0.3) is 5.91 Å². The highest BCUT2D eigenvalue weighted by atomic mass is 16.5. The number of carbonyl (C=O) groups is 2. The van der Waals surface area contributed by atoms with Crippen molar-refractivity contribution in [2.24, 2.45) is 5.92 Å². The standard InChI is InChI=1S/C18H25N3O3/c1-12(2)17(21-8-4-3-5-9-21)18(23)19-13-6-7-15-14(10-13)20-16(22)11-24-15/h6-7,10,12,17H,3-5,8-9,11H2,1-2H3,(H,19,23)(H,20,22)/t17-/m1/s1. The molecule has 1 aromatic rings. The number of rotatable bonds is 4. The lowest BCUT2D eigenvalue weighted by molar-refractivity contribution is -0.123. The third kappa shape index (κ3) is 3.70. The summed E-state index contributed by atoms with van der Waals surface area (Å²) in [5.74, 6) is 0.696. The van der Waals surface area contributed by atoms with Gasteiger partial charge >= 0.3 is 0 Å². The van der Waals surface area contributed by atoms with Crippen LogP contribution >= 0.6 is 0 Å². The van der Waals surface area contributed by atoms with E-state index in [9.17, 15) is 9.59 Å². The van der Waals surface area contributed by atoms with Crippen molar-refractivity contribution in [3.63, 3.8) is 0 Å². The maximum atomic E-state index is 12.8.